The summed E-state index contributed by atoms with van der Waals surface area (Å²) >= 11 is 0. The van der Waals surface area contributed by atoms with Crippen molar-refractivity contribution in [2.75, 3.05) is 6.54 Å². The lowest BCUT2D eigenvalue weighted by Crippen LogP contribution is -2.72. The van der Waals surface area contributed by atoms with E-state index in [9.17, 15) is 29.7 Å². The van der Waals surface area contributed by atoms with Gasteiger partial charge in [-0.05, 0) is 52.9 Å². The summed E-state index contributed by atoms with van der Waals surface area (Å²) in [5.74, 6) is -3.81. The minimum atomic E-state index is -1.42. The second-order valence-corrected chi connectivity index (χ2v) is 11.4. The zero-order chi connectivity index (χ0) is 29.5. The molecule has 0 rings (SSSR count). The fourth-order valence-electron chi connectivity index (χ4n) is 5.72. The molecule has 0 aliphatic carbocycles. The monoisotopic (exact) mass is 553 g/mol. The third kappa shape index (κ3) is 15.5. The highest BCUT2D eigenvalue weighted by molar-refractivity contribution is 5.76. The smallest absolute Gasteiger partial charge is 0.362 e. The highest BCUT2D eigenvalue weighted by Crippen LogP contribution is 2.27. The van der Waals surface area contributed by atoms with Crippen LogP contribution in [0.5, 0.6) is 0 Å². The molecule has 0 amide bonds. The van der Waals surface area contributed by atoms with E-state index in [0.29, 0.717) is 6.42 Å². The topological polar surface area (TPSA) is 115 Å². The predicted molar refractivity (Wildman–Crippen MR) is 156 cm³/mol. The van der Waals surface area contributed by atoms with Gasteiger partial charge in [-0.3, -0.25) is 4.48 Å². The number of hydrogen-bond donors (Lipinski definition) is 2. The van der Waals surface area contributed by atoms with Crippen molar-refractivity contribution in [3.63, 3.8) is 0 Å². The van der Waals surface area contributed by atoms with Gasteiger partial charge in [0.1, 0.15) is 6.04 Å². The number of carboxylic acid groups (broad SMARTS) is 3. The second kappa shape index (κ2) is 22.9. The van der Waals surface area contributed by atoms with Crippen molar-refractivity contribution in [3.8, 4) is 0 Å². The molecule has 0 fully saturated rings. The van der Waals surface area contributed by atoms with Gasteiger partial charge in [-0.1, -0.05) is 109 Å². The van der Waals surface area contributed by atoms with Crippen LogP contribution in [0.15, 0.2) is 12.2 Å². The summed E-state index contributed by atoms with van der Waals surface area (Å²) in [6.07, 6.45) is 27.6. The first-order valence-corrected chi connectivity index (χ1v) is 15.8. The summed E-state index contributed by atoms with van der Waals surface area (Å²) in [6, 6.07) is -3.55. The molecule has 39 heavy (non-hydrogen) atoms. The van der Waals surface area contributed by atoms with Crippen LogP contribution in [0.4, 0.5) is 0 Å². The zero-order valence-corrected chi connectivity index (χ0v) is 25.5. The number of hydrogen-bond acceptors (Lipinski definition) is 4. The van der Waals surface area contributed by atoms with Gasteiger partial charge in [0.25, 0.3) is 0 Å². The zero-order valence-electron chi connectivity index (χ0n) is 25.5. The molecule has 0 aromatic rings. The van der Waals surface area contributed by atoms with Crippen LogP contribution in [0.25, 0.3) is 0 Å². The number of unbranched alkanes of at least 4 members (excludes halogenated alkanes) is 17. The van der Waals surface area contributed by atoms with E-state index in [-0.39, 0.29) is 6.54 Å². The summed E-state index contributed by atoms with van der Waals surface area (Å²) in [4.78, 5) is 35.3. The molecular formula is C32H59NO6. The molecular weight excluding hydrogens is 494 g/mol. The molecule has 0 heterocycles. The lowest BCUT2D eigenvalue weighted by Gasteiger charge is -2.49. The molecule has 0 aromatic carbocycles. The Morgan fingerprint density at radius 2 is 0.923 bits per heavy atom. The third-order valence-corrected chi connectivity index (χ3v) is 8.51. The molecule has 0 spiro atoms. The van der Waals surface area contributed by atoms with Gasteiger partial charge in [0.05, 0.1) is 12.5 Å². The van der Waals surface area contributed by atoms with E-state index < -0.39 is 40.5 Å². The summed E-state index contributed by atoms with van der Waals surface area (Å²) in [5.41, 5.74) is 0. The fourth-order valence-corrected chi connectivity index (χ4v) is 5.72. The first-order valence-electron chi connectivity index (χ1n) is 15.8. The number of allylic oxidation sites excluding steroid dienone is 2. The predicted octanol–water partition coefficient (Wildman–Crippen LogP) is 6.88. The van der Waals surface area contributed by atoms with Crippen LogP contribution >= 0.6 is 0 Å². The number of rotatable bonds is 27. The van der Waals surface area contributed by atoms with Crippen molar-refractivity contribution in [3.05, 3.63) is 12.2 Å². The number of carbonyl (C=O) groups is 3. The van der Waals surface area contributed by atoms with E-state index in [1.54, 1.807) is 0 Å². The lowest BCUT2D eigenvalue weighted by molar-refractivity contribution is -0.969. The van der Waals surface area contributed by atoms with E-state index in [1.165, 1.54) is 117 Å². The van der Waals surface area contributed by atoms with Gasteiger partial charge >= 0.3 is 11.9 Å². The van der Waals surface area contributed by atoms with Crippen LogP contribution in [0.2, 0.25) is 0 Å². The van der Waals surface area contributed by atoms with E-state index in [0.717, 1.165) is 19.3 Å². The third-order valence-electron chi connectivity index (χ3n) is 8.51. The first kappa shape index (κ1) is 37.1. The molecule has 0 aliphatic rings. The molecule has 3 atom stereocenters. The summed E-state index contributed by atoms with van der Waals surface area (Å²) in [5, 5.41) is 31.0. The average Bonchev–Trinajstić information content (AvgIpc) is 2.90. The quantitative estimate of drug-likeness (QED) is 0.0651. The second-order valence-electron chi connectivity index (χ2n) is 11.4. The normalized spacial score (nSPS) is 15.6. The van der Waals surface area contributed by atoms with Crippen molar-refractivity contribution in [1.29, 1.82) is 0 Å². The molecule has 2 N–H and O–H groups in total. The van der Waals surface area contributed by atoms with E-state index in [1.807, 2.05) is 0 Å². The van der Waals surface area contributed by atoms with Crippen LogP contribution in [-0.4, -0.2) is 57.3 Å². The van der Waals surface area contributed by atoms with Gasteiger partial charge in [0, 0.05) is 0 Å². The maximum Gasteiger partial charge on any atom is 0.362 e. The minimum Gasteiger partial charge on any atom is -0.544 e. The Labute approximate surface area is 238 Å². The molecule has 0 saturated heterocycles. The largest absolute Gasteiger partial charge is 0.544 e. The van der Waals surface area contributed by atoms with Crippen molar-refractivity contribution in [2.45, 2.75) is 168 Å². The number of aliphatic carboxylic acids is 3. The Hall–Kier alpha value is -1.89. The highest BCUT2D eigenvalue weighted by atomic mass is 16.4. The molecule has 0 bridgehead atoms. The average molecular weight is 554 g/mol. The number of quaternary nitrogens is 1. The Bertz CT molecular complexity index is 642. The van der Waals surface area contributed by atoms with E-state index >= 15 is 0 Å². The van der Waals surface area contributed by atoms with Gasteiger partial charge in [-0.15, -0.1) is 0 Å². The molecule has 0 saturated carbocycles. The summed E-state index contributed by atoms with van der Waals surface area (Å²) in [7, 11) is 0. The Morgan fingerprint density at radius 3 is 1.26 bits per heavy atom. The maximum atomic E-state index is 11.8. The molecule has 0 radical (unpaired) electrons. The summed E-state index contributed by atoms with van der Waals surface area (Å²) < 4.78 is -0.538. The van der Waals surface area contributed by atoms with Crippen LogP contribution in [0, 0.1) is 0 Å². The SMILES string of the molecule is CCC/C=C/CCCCCCCCCCCCCCCCCC[N+](C(C)C(=O)[O-])(C(C)C(=O)O)C(C)C(=O)O. The summed E-state index contributed by atoms with van der Waals surface area (Å²) in [6.45, 7) is 6.57. The standard InChI is InChI=1S/C32H59NO6/c1-5-6-7-8-9-10-11-12-13-14-15-16-17-18-19-20-21-22-23-24-25-26-33(27(2)30(34)35,28(3)31(36)37)29(4)32(38)39/h7-8,27-29H,5-6,9-26H2,1-4H3,(H2-,34,35,36,37,38,39)/b8-7+. The fraction of sp³-hybridized carbons (Fsp3) is 0.844. The van der Waals surface area contributed by atoms with E-state index in [2.05, 4.69) is 19.1 Å². The number of carboxylic acids is 3. The molecule has 0 aliphatic heterocycles. The molecule has 3 unspecified atom stereocenters. The van der Waals surface area contributed by atoms with Gasteiger partial charge in [-0.25, -0.2) is 9.59 Å². The minimum absolute atomic E-state index is 0.187. The van der Waals surface area contributed by atoms with Crippen molar-refractivity contribution >= 4 is 17.9 Å². The van der Waals surface area contributed by atoms with Crippen molar-refractivity contribution in [2.24, 2.45) is 0 Å². The number of nitrogens with zero attached hydrogens (tertiary/aromatic N) is 1. The van der Waals surface area contributed by atoms with Crippen LogP contribution in [0.3, 0.4) is 0 Å². The Balaban J connectivity index is 4.00. The van der Waals surface area contributed by atoms with Gasteiger partial charge < -0.3 is 20.1 Å². The first-order chi connectivity index (χ1) is 18.6. The van der Waals surface area contributed by atoms with Crippen molar-refractivity contribution < 1.29 is 34.2 Å². The maximum absolute atomic E-state index is 11.8. The van der Waals surface area contributed by atoms with Gasteiger partial charge in [-0.2, -0.15) is 0 Å². The van der Waals surface area contributed by atoms with Crippen LogP contribution < -0.4 is 5.11 Å². The molecule has 228 valence electrons. The highest BCUT2D eigenvalue weighted by Gasteiger charge is 2.50. The molecule has 7 nitrogen and oxygen atoms in total. The number of carbonyl (C=O) groups excluding carboxylic acids is 1. The molecule has 7 heteroatoms. The lowest BCUT2D eigenvalue weighted by atomic mass is 9.99. The molecule has 0 aromatic heterocycles. The van der Waals surface area contributed by atoms with Gasteiger partial charge in [0.15, 0.2) is 12.1 Å². The van der Waals surface area contributed by atoms with Crippen LogP contribution in [-0.2, 0) is 14.4 Å². The Kier molecular flexibility index (Phi) is 21.8. The van der Waals surface area contributed by atoms with Crippen LogP contribution in [0.1, 0.15) is 150 Å². The Morgan fingerprint density at radius 1 is 0.590 bits per heavy atom. The van der Waals surface area contributed by atoms with Crippen molar-refractivity contribution in [1.82, 2.24) is 0 Å². The van der Waals surface area contributed by atoms with Gasteiger partial charge in [0.2, 0.25) is 0 Å². The van der Waals surface area contributed by atoms with E-state index in [4.69, 9.17) is 0 Å².